The first kappa shape index (κ1) is 16.5. The Balaban J connectivity index is 2.03. The quantitative estimate of drug-likeness (QED) is 0.294. The molecule has 4 aromatic carbocycles. The lowest BCUT2D eigenvalue weighted by Gasteiger charge is -2.18. The first-order valence-electron chi connectivity index (χ1n) is 9.47. The maximum atomic E-state index is 6.03. The van der Waals surface area contributed by atoms with Gasteiger partial charge in [-0.3, -0.25) is 4.98 Å². The van der Waals surface area contributed by atoms with Crippen molar-refractivity contribution >= 4 is 37.9 Å². The Morgan fingerprint density at radius 3 is 2.36 bits per heavy atom. The van der Waals surface area contributed by atoms with Gasteiger partial charge in [0.05, 0.1) is 0 Å². The van der Waals surface area contributed by atoms with Crippen molar-refractivity contribution in [3.63, 3.8) is 0 Å². The molecule has 5 aromatic rings. The van der Waals surface area contributed by atoms with Crippen molar-refractivity contribution in [1.82, 2.24) is 4.98 Å². The van der Waals surface area contributed by atoms with E-state index in [0.717, 1.165) is 16.7 Å². The van der Waals surface area contributed by atoms with Gasteiger partial charge in [-0.15, -0.1) is 0 Å². The molecule has 2 N–H and O–H groups in total. The van der Waals surface area contributed by atoms with Gasteiger partial charge in [0.15, 0.2) is 0 Å². The van der Waals surface area contributed by atoms with Crippen LogP contribution in [0.1, 0.15) is 12.5 Å². The molecule has 0 amide bonds. The van der Waals surface area contributed by atoms with Crippen molar-refractivity contribution in [3.8, 4) is 11.1 Å². The lowest BCUT2D eigenvalue weighted by Crippen LogP contribution is -1.94. The van der Waals surface area contributed by atoms with Crippen molar-refractivity contribution in [3.05, 3.63) is 97.0 Å². The summed E-state index contributed by atoms with van der Waals surface area (Å²) in [6.45, 7) is 2.02. The Morgan fingerprint density at radius 2 is 1.68 bits per heavy atom. The zero-order chi connectivity index (χ0) is 19.1. The van der Waals surface area contributed by atoms with Crippen molar-refractivity contribution in [2.24, 2.45) is 5.73 Å². The Bertz CT molecular complexity index is 1350. The summed E-state index contributed by atoms with van der Waals surface area (Å²) in [6, 6.07) is 21.7. The summed E-state index contributed by atoms with van der Waals surface area (Å²) in [6.07, 6.45) is 9.53. The first-order chi connectivity index (χ1) is 13.8. The molecule has 134 valence electrons. The Hall–Kier alpha value is -3.65. The van der Waals surface area contributed by atoms with Crippen LogP contribution < -0.4 is 5.73 Å². The number of hydrogen-bond acceptors (Lipinski definition) is 2. The van der Waals surface area contributed by atoms with E-state index in [-0.39, 0.29) is 0 Å². The highest BCUT2D eigenvalue weighted by Gasteiger charge is 2.16. The molecule has 0 saturated heterocycles. The van der Waals surface area contributed by atoms with Gasteiger partial charge < -0.3 is 5.73 Å². The molecule has 28 heavy (non-hydrogen) atoms. The molecular weight excluding hydrogens is 340 g/mol. The van der Waals surface area contributed by atoms with Gasteiger partial charge >= 0.3 is 0 Å². The highest BCUT2D eigenvalue weighted by atomic mass is 14.6. The lowest BCUT2D eigenvalue weighted by molar-refractivity contribution is 1.33. The molecule has 0 bridgehead atoms. The normalized spacial score (nSPS) is 12.7. The van der Waals surface area contributed by atoms with Gasteiger partial charge in [0, 0.05) is 24.2 Å². The van der Waals surface area contributed by atoms with Gasteiger partial charge in [0.1, 0.15) is 0 Å². The summed E-state index contributed by atoms with van der Waals surface area (Å²) >= 11 is 0. The molecule has 0 saturated carbocycles. The number of nitrogens with zero attached hydrogens (tertiary/aromatic N) is 1. The Morgan fingerprint density at radius 1 is 0.893 bits per heavy atom. The number of pyridine rings is 1. The van der Waals surface area contributed by atoms with E-state index in [9.17, 15) is 0 Å². The minimum absolute atomic E-state index is 1.02. The molecule has 0 atom stereocenters. The fourth-order valence-electron chi connectivity index (χ4n) is 4.25. The van der Waals surface area contributed by atoms with Gasteiger partial charge in [-0.1, -0.05) is 60.7 Å². The van der Waals surface area contributed by atoms with Gasteiger partial charge in [-0.05, 0) is 68.1 Å². The van der Waals surface area contributed by atoms with E-state index in [1.165, 1.54) is 37.9 Å². The molecule has 1 aromatic heterocycles. The number of benzene rings is 4. The highest BCUT2D eigenvalue weighted by molar-refractivity contribution is 6.27. The number of allylic oxidation sites excluding steroid dienone is 3. The van der Waals surface area contributed by atoms with Gasteiger partial charge in [0.2, 0.25) is 0 Å². The van der Waals surface area contributed by atoms with E-state index in [0.29, 0.717) is 0 Å². The van der Waals surface area contributed by atoms with Crippen LogP contribution in [0, 0.1) is 0 Å². The molecule has 1 heterocycles. The minimum Gasteiger partial charge on any atom is -0.404 e. The molecule has 0 fully saturated rings. The molecule has 2 nitrogen and oxygen atoms in total. The third-order valence-corrected chi connectivity index (χ3v) is 5.46. The predicted octanol–water partition coefficient (Wildman–Crippen LogP) is 6.52. The summed E-state index contributed by atoms with van der Waals surface area (Å²) in [5.41, 5.74) is 10.5. The number of aromatic nitrogens is 1. The topological polar surface area (TPSA) is 38.9 Å². The maximum absolute atomic E-state index is 6.03. The molecule has 0 aliphatic heterocycles. The van der Waals surface area contributed by atoms with Crippen LogP contribution in [0.15, 0.2) is 91.4 Å². The van der Waals surface area contributed by atoms with Crippen molar-refractivity contribution in [2.75, 3.05) is 0 Å². The molecule has 0 unspecified atom stereocenters. The second kappa shape index (κ2) is 6.50. The maximum Gasteiger partial charge on any atom is 0.0346 e. The number of rotatable bonds is 3. The van der Waals surface area contributed by atoms with Gasteiger partial charge in [-0.2, -0.15) is 0 Å². The highest BCUT2D eigenvalue weighted by Crippen LogP contribution is 2.42. The van der Waals surface area contributed by atoms with E-state index in [1.54, 1.807) is 6.20 Å². The summed E-state index contributed by atoms with van der Waals surface area (Å²) in [4.78, 5) is 4.35. The van der Waals surface area contributed by atoms with Crippen LogP contribution in [0.3, 0.4) is 0 Å². The van der Waals surface area contributed by atoms with Gasteiger partial charge in [0.25, 0.3) is 0 Å². The summed E-state index contributed by atoms with van der Waals surface area (Å²) < 4.78 is 0. The monoisotopic (exact) mass is 360 g/mol. The second-order valence-electron chi connectivity index (χ2n) is 7.02. The smallest absolute Gasteiger partial charge is 0.0346 e. The van der Waals surface area contributed by atoms with E-state index in [2.05, 4.69) is 65.7 Å². The van der Waals surface area contributed by atoms with Crippen LogP contribution in [0.2, 0.25) is 0 Å². The van der Waals surface area contributed by atoms with Crippen LogP contribution in [-0.4, -0.2) is 4.98 Å². The van der Waals surface area contributed by atoms with Gasteiger partial charge in [-0.25, -0.2) is 0 Å². The van der Waals surface area contributed by atoms with E-state index in [4.69, 9.17) is 5.73 Å². The Labute approximate surface area is 164 Å². The van der Waals surface area contributed by atoms with E-state index >= 15 is 0 Å². The summed E-state index contributed by atoms with van der Waals surface area (Å²) in [7, 11) is 0. The fourth-order valence-corrected chi connectivity index (χ4v) is 4.25. The SMILES string of the molecule is C/C=C\C(=C/N)c1cc(-c2cccnc2)c2ccc3cccc4ccc1c2c43. The van der Waals surface area contributed by atoms with Crippen LogP contribution in [0.25, 0.3) is 49.0 Å². The zero-order valence-electron chi connectivity index (χ0n) is 15.7. The first-order valence-corrected chi connectivity index (χ1v) is 9.47. The van der Waals surface area contributed by atoms with Crippen molar-refractivity contribution < 1.29 is 0 Å². The molecular formula is C26H20N2. The minimum atomic E-state index is 1.02. The molecule has 0 radical (unpaired) electrons. The van der Waals surface area contributed by atoms with E-state index in [1.807, 2.05) is 31.5 Å². The second-order valence-corrected chi connectivity index (χ2v) is 7.02. The number of nitrogens with two attached hydrogens (primary N) is 1. The van der Waals surface area contributed by atoms with Crippen LogP contribution in [0.4, 0.5) is 0 Å². The summed E-state index contributed by atoms with van der Waals surface area (Å²) in [5, 5.41) is 7.58. The zero-order valence-corrected chi connectivity index (χ0v) is 15.7. The predicted molar refractivity (Wildman–Crippen MR) is 120 cm³/mol. The molecule has 0 spiro atoms. The third kappa shape index (κ3) is 2.39. The van der Waals surface area contributed by atoms with Crippen LogP contribution >= 0.6 is 0 Å². The average Bonchev–Trinajstić information content (AvgIpc) is 2.76. The Kier molecular flexibility index (Phi) is 3.84. The largest absolute Gasteiger partial charge is 0.404 e. The molecule has 0 aliphatic rings. The lowest BCUT2D eigenvalue weighted by atomic mass is 9.86. The van der Waals surface area contributed by atoms with Crippen LogP contribution in [-0.2, 0) is 0 Å². The average molecular weight is 360 g/mol. The fraction of sp³-hybridized carbons (Fsp3) is 0.0385. The molecule has 5 rings (SSSR count). The molecule has 2 heteroatoms. The van der Waals surface area contributed by atoms with Crippen molar-refractivity contribution in [2.45, 2.75) is 6.92 Å². The van der Waals surface area contributed by atoms with E-state index < -0.39 is 0 Å². The summed E-state index contributed by atoms with van der Waals surface area (Å²) in [5.74, 6) is 0. The standard InChI is InChI=1S/C26H20N2/c1-2-5-19(15-27)23-14-24(20-8-4-13-28-16-20)22-12-10-18-7-3-6-17-9-11-21(23)26(22)25(17)18/h2-16H,27H2,1H3/b5-2-,19-15+. The third-order valence-electron chi connectivity index (χ3n) is 5.46. The molecule has 0 aliphatic carbocycles. The van der Waals surface area contributed by atoms with Crippen LogP contribution in [0.5, 0.6) is 0 Å². The van der Waals surface area contributed by atoms with Crippen molar-refractivity contribution in [1.29, 1.82) is 0 Å². The number of hydrogen-bond donors (Lipinski definition) is 1.